The van der Waals surface area contributed by atoms with E-state index in [1.807, 2.05) is 12.1 Å². The largest absolute Gasteiger partial charge is 0.482 e. The molecule has 4 rings (SSSR count). The van der Waals surface area contributed by atoms with Crippen LogP contribution < -0.4 is 4.74 Å². The van der Waals surface area contributed by atoms with Crippen LogP contribution >= 0.6 is 0 Å². The average molecular weight is 443 g/mol. The van der Waals surface area contributed by atoms with Crippen molar-refractivity contribution in [2.24, 2.45) is 5.92 Å². The first kappa shape index (κ1) is 22.2. The molecule has 0 bridgehead atoms. The average Bonchev–Trinajstić information content (AvgIpc) is 3.19. The number of piperidine rings is 1. The van der Waals surface area contributed by atoms with Crippen LogP contribution in [0.25, 0.3) is 11.0 Å². The van der Waals surface area contributed by atoms with Crippen molar-refractivity contribution in [1.82, 2.24) is 4.90 Å². The Hall–Kier alpha value is -3.03. The maximum atomic E-state index is 12.3. The van der Waals surface area contributed by atoms with Gasteiger partial charge < -0.3 is 23.5 Å². The molecule has 1 aliphatic carbocycles. The number of hydrogen-bond donors (Lipinski definition) is 0. The van der Waals surface area contributed by atoms with Crippen LogP contribution in [-0.2, 0) is 36.7 Å². The van der Waals surface area contributed by atoms with Gasteiger partial charge in [0.05, 0.1) is 12.5 Å². The molecule has 1 aliphatic heterocycles. The minimum atomic E-state index is -0.603. The van der Waals surface area contributed by atoms with Crippen molar-refractivity contribution in [3.05, 3.63) is 29.5 Å². The zero-order chi connectivity index (χ0) is 22.5. The second-order valence-electron chi connectivity index (χ2n) is 8.23. The molecule has 2 heterocycles. The Labute approximate surface area is 186 Å². The molecule has 0 unspecified atom stereocenters. The number of furan rings is 1. The number of carbonyl (C=O) groups is 3. The molecule has 1 fully saturated rings. The molecule has 8 heteroatoms. The molecule has 32 heavy (non-hydrogen) atoms. The Balaban J connectivity index is 1.22. The molecule has 8 nitrogen and oxygen atoms in total. The van der Waals surface area contributed by atoms with Crippen molar-refractivity contribution in [2.45, 2.75) is 45.4 Å². The molecule has 2 aliphatic rings. The summed E-state index contributed by atoms with van der Waals surface area (Å²) >= 11 is 0. The van der Waals surface area contributed by atoms with Gasteiger partial charge in [0, 0.05) is 30.5 Å². The number of hydrogen-bond acceptors (Lipinski definition) is 7. The summed E-state index contributed by atoms with van der Waals surface area (Å²) in [5.74, 6) is 0.357. The van der Waals surface area contributed by atoms with Gasteiger partial charge in [-0.2, -0.15) is 0 Å². The summed E-state index contributed by atoms with van der Waals surface area (Å²) in [4.78, 5) is 37.8. The Morgan fingerprint density at radius 3 is 2.62 bits per heavy atom. The molecule has 2 aromatic rings. The van der Waals surface area contributed by atoms with Crippen molar-refractivity contribution in [3.63, 3.8) is 0 Å². The first-order chi connectivity index (χ1) is 15.5. The van der Waals surface area contributed by atoms with Crippen molar-refractivity contribution in [3.8, 4) is 5.75 Å². The topological polar surface area (TPSA) is 95.3 Å². The second kappa shape index (κ2) is 10.1. The predicted octanol–water partition coefficient (Wildman–Crippen LogP) is 3.04. The number of carbonyl (C=O) groups excluding carboxylic acids is 3. The van der Waals surface area contributed by atoms with Crippen LogP contribution in [0.3, 0.4) is 0 Å². The summed E-state index contributed by atoms with van der Waals surface area (Å²) in [7, 11) is 0. The Bertz CT molecular complexity index is 988. The van der Waals surface area contributed by atoms with E-state index in [4.69, 9.17) is 18.6 Å². The molecule has 172 valence electrons. The molecule has 1 saturated heterocycles. The molecule has 1 aromatic carbocycles. The maximum Gasteiger partial charge on any atom is 0.344 e. The number of nitrogens with zero attached hydrogens (tertiary/aromatic N) is 1. The number of rotatable bonds is 7. The summed E-state index contributed by atoms with van der Waals surface area (Å²) in [6, 6.07) is 5.52. The summed E-state index contributed by atoms with van der Waals surface area (Å²) in [6.07, 6.45) is 5.36. The minimum absolute atomic E-state index is 0.173. The van der Waals surface area contributed by atoms with Crippen LogP contribution in [0.1, 0.15) is 43.9 Å². The Morgan fingerprint density at radius 2 is 1.84 bits per heavy atom. The lowest BCUT2D eigenvalue weighted by Gasteiger charge is -2.30. The van der Waals surface area contributed by atoms with Gasteiger partial charge in [-0.05, 0) is 57.2 Å². The number of benzene rings is 1. The highest BCUT2D eigenvalue weighted by Gasteiger charge is 2.28. The van der Waals surface area contributed by atoms with Gasteiger partial charge in [-0.1, -0.05) is 0 Å². The highest BCUT2D eigenvalue weighted by atomic mass is 16.6. The van der Waals surface area contributed by atoms with Gasteiger partial charge in [-0.15, -0.1) is 0 Å². The van der Waals surface area contributed by atoms with Crippen LogP contribution in [0, 0.1) is 5.92 Å². The monoisotopic (exact) mass is 443 g/mol. The van der Waals surface area contributed by atoms with Gasteiger partial charge in [0.15, 0.2) is 13.2 Å². The lowest BCUT2D eigenvalue weighted by Crippen LogP contribution is -2.42. The van der Waals surface area contributed by atoms with Crippen LogP contribution in [0.2, 0.25) is 0 Å². The lowest BCUT2D eigenvalue weighted by atomic mass is 9.96. The Morgan fingerprint density at radius 1 is 1.06 bits per heavy atom. The van der Waals surface area contributed by atoms with E-state index in [-0.39, 0.29) is 31.0 Å². The van der Waals surface area contributed by atoms with Crippen LogP contribution in [0.4, 0.5) is 0 Å². The van der Waals surface area contributed by atoms with E-state index in [0.29, 0.717) is 38.3 Å². The number of ether oxygens (including phenoxy) is 3. The van der Waals surface area contributed by atoms with Crippen LogP contribution in [-0.4, -0.2) is 55.7 Å². The summed E-state index contributed by atoms with van der Waals surface area (Å²) in [5.41, 5.74) is 2.07. The number of aryl methyl sites for hydroxylation is 2. The second-order valence-corrected chi connectivity index (χ2v) is 8.23. The van der Waals surface area contributed by atoms with Crippen LogP contribution in [0.5, 0.6) is 5.75 Å². The number of likely N-dealkylation sites (tertiary alicyclic amines) is 1. The highest BCUT2D eigenvalue weighted by molar-refractivity contribution is 5.84. The SMILES string of the molecule is CCOC(=O)C1CCN(C(=O)COC(=O)COc2ccc3oc4c(c3c2)CCCC4)CC1. The highest BCUT2D eigenvalue weighted by Crippen LogP contribution is 2.33. The molecule has 0 spiro atoms. The van der Waals surface area contributed by atoms with Gasteiger partial charge in [-0.25, -0.2) is 4.79 Å². The smallest absolute Gasteiger partial charge is 0.344 e. The van der Waals surface area contributed by atoms with Gasteiger partial charge in [0.1, 0.15) is 17.1 Å². The zero-order valence-corrected chi connectivity index (χ0v) is 18.4. The van der Waals surface area contributed by atoms with Gasteiger partial charge in [-0.3, -0.25) is 9.59 Å². The molecule has 0 N–H and O–H groups in total. The fraction of sp³-hybridized carbons (Fsp3) is 0.542. The first-order valence-electron chi connectivity index (χ1n) is 11.3. The molecule has 0 saturated carbocycles. The van der Waals surface area contributed by atoms with Crippen molar-refractivity contribution in [2.75, 3.05) is 32.9 Å². The maximum absolute atomic E-state index is 12.3. The van der Waals surface area contributed by atoms with Gasteiger partial charge >= 0.3 is 11.9 Å². The Kier molecular flexibility index (Phi) is 6.97. The summed E-state index contributed by atoms with van der Waals surface area (Å²) in [5, 5.41) is 1.03. The number of fused-ring (bicyclic) bond motifs is 3. The van der Waals surface area contributed by atoms with E-state index in [1.165, 1.54) is 5.56 Å². The molecular formula is C24H29NO7. The lowest BCUT2D eigenvalue weighted by molar-refractivity contribution is -0.155. The number of esters is 2. The van der Waals surface area contributed by atoms with E-state index in [1.54, 1.807) is 17.9 Å². The molecule has 1 amide bonds. The van der Waals surface area contributed by atoms with Crippen LogP contribution in [0.15, 0.2) is 22.6 Å². The molecule has 0 radical (unpaired) electrons. The van der Waals surface area contributed by atoms with Gasteiger partial charge in [0.25, 0.3) is 5.91 Å². The third-order valence-electron chi connectivity index (χ3n) is 6.11. The molecule has 1 aromatic heterocycles. The third kappa shape index (κ3) is 5.06. The van der Waals surface area contributed by atoms with E-state index < -0.39 is 5.97 Å². The van der Waals surface area contributed by atoms with Gasteiger partial charge in [0.2, 0.25) is 0 Å². The predicted molar refractivity (Wildman–Crippen MR) is 115 cm³/mol. The van der Waals surface area contributed by atoms with E-state index in [9.17, 15) is 14.4 Å². The fourth-order valence-corrected chi connectivity index (χ4v) is 4.37. The first-order valence-corrected chi connectivity index (χ1v) is 11.3. The molecule has 0 atom stereocenters. The van der Waals surface area contributed by atoms with Crippen molar-refractivity contribution in [1.29, 1.82) is 0 Å². The zero-order valence-electron chi connectivity index (χ0n) is 18.4. The fourth-order valence-electron chi connectivity index (χ4n) is 4.37. The van der Waals surface area contributed by atoms with Crippen molar-refractivity contribution >= 4 is 28.8 Å². The van der Waals surface area contributed by atoms with Crippen molar-refractivity contribution < 1.29 is 33.0 Å². The third-order valence-corrected chi connectivity index (χ3v) is 6.11. The standard InChI is InChI=1S/C24H29NO7/c1-2-29-24(28)16-9-11-25(12-10-16)22(26)14-31-23(27)15-30-17-7-8-21-19(13-17)18-5-3-4-6-20(18)32-21/h7-8,13,16H,2-6,9-12,14-15H2,1H3. The molecular weight excluding hydrogens is 414 g/mol. The summed E-state index contributed by atoms with van der Waals surface area (Å²) in [6.45, 7) is 2.42. The summed E-state index contributed by atoms with van der Waals surface area (Å²) < 4.78 is 21.6. The van der Waals surface area contributed by atoms with E-state index >= 15 is 0 Å². The quantitative estimate of drug-likeness (QED) is 0.607. The number of amides is 1. The van der Waals surface area contributed by atoms with E-state index in [0.717, 1.165) is 42.4 Å². The minimum Gasteiger partial charge on any atom is -0.482 e. The van der Waals surface area contributed by atoms with E-state index in [2.05, 4.69) is 0 Å². The normalized spacial score (nSPS) is 16.5.